The molecule has 94 valence electrons. The number of hydrogen-bond donors (Lipinski definition) is 1. The molecule has 0 unspecified atom stereocenters. The highest BCUT2D eigenvalue weighted by molar-refractivity contribution is 9.08. The molecule has 0 aliphatic heterocycles. The van der Waals surface area contributed by atoms with E-state index in [9.17, 15) is 8.42 Å². The van der Waals surface area contributed by atoms with Crippen LogP contribution in [0.5, 0.6) is 0 Å². The maximum Gasteiger partial charge on any atom is 0.261 e. The quantitative estimate of drug-likeness (QED) is 0.876. The van der Waals surface area contributed by atoms with Crippen molar-refractivity contribution >= 4 is 31.6 Å². The lowest BCUT2D eigenvalue weighted by Crippen LogP contribution is -2.12. The number of benzene rings is 2. The van der Waals surface area contributed by atoms with Crippen molar-refractivity contribution in [1.82, 2.24) is 0 Å². The summed E-state index contributed by atoms with van der Waals surface area (Å²) in [5, 5.41) is 0.708. The molecule has 0 aromatic heterocycles. The van der Waals surface area contributed by atoms with Crippen LogP contribution in [0.1, 0.15) is 5.56 Å². The average Bonchev–Trinajstić information content (AvgIpc) is 2.39. The Labute approximate surface area is 115 Å². The van der Waals surface area contributed by atoms with Crippen LogP contribution in [0, 0.1) is 0 Å². The first-order chi connectivity index (χ1) is 8.62. The monoisotopic (exact) mass is 325 g/mol. The molecule has 5 heteroatoms. The summed E-state index contributed by atoms with van der Waals surface area (Å²) in [5.74, 6) is 0. The molecule has 1 N–H and O–H groups in total. The van der Waals surface area contributed by atoms with Crippen molar-refractivity contribution in [2.75, 3.05) is 4.72 Å². The van der Waals surface area contributed by atoms with Gasteiger partial charge in [-0.3, -0.25) is 4.72 Å². The van der Waals surface area contributed by atoms with Crippen LogP contribution in [0.2, 0.25) is 0 Å². The van der Waals surface area contributed by atoms with Gasteiger partial charge >= 0.3 is 0 Å². The molecule has 0 fully saturated rings. The van der Waals surface area contributed by atoms with Crippen molar-refractivity contribution in [3.05, 3.63) is 60.2 Å². The van der Waals surface area contributed by atoms with Gasteiger partial charge in [0.15, 0.2) is 0 Å². The number of sulfonamides is 1. The van der Waals surface area contributed by atoms with Gasteiger partial charge in [-0.05, 0) is 29.8 Å². The molecule has 0 heterocycles. The molecule has 3 nitrogen and oxygen atoms in total. The molecule has 0 aliphatic rings. The smallest absolute Gasteiger partial charge is 0.261 e. The molecule has 2 aromatic rings. The number of para-hydroxylation sites is 1. The molecular weight excluding hydrogens is 314 g/mol. The van der Waals surface area contributed by atoms with Crippen LogP contribution in [0.15, 0.2) is 59.5 Å². The molecule has 0 aliphatic carbocycles. The second-order valence-corrected chi connectivity index (χ2v) is 5.99. The van der Waals surface area contributed by atoms with Crippen LogP contribution in [0.4, 0.5) is 5.69 Å². The van der Waals surface area contributed by atoms with Gasteiger partial charge in [0, 0.05) is 11.0 Å². The lowest BCUT2D eigenvalue weighted by Gasteiger charge is -2.08. The van der Waals surface area contributed by atoms with Crippen molar-refractivity contribution in [1.29, 1.82) is 0 Å². The van der Waals surface area contributed by atoms with Gasteiger partial charge in [0.2, 0.25) is 0 Å². The van der Waals surface area contributed by atoms with Gasteiger partial charge in [-0.2, -0.15) is 0 Å². The summed E-state index contributed by atoms with van der Waals surface area (Å²) in [4.78, 5) is 0.260. The van der Waals surface area contributed by atoms with Gasteiger partial charge in [-0.15, -0.1) is 0 Å². The first-order valence-corrected chi connectivity index (χ1v) is 7.95. The lowest BCUT2D eigenvalue weighted by atomic mass is 10.2. The first-order valence-electron chi connectivity index (χ1n) is 5.34. The second kappa shape index (κ2) is 5.54. The van der Waals surface area contributed by atoms with Gasteiger partial charge < -0.3 is 0 Å². The van der Waals surface area contributed by atoms with Crippen LogP contribution >= 0.6 is 15.9 Å². The van der Waals surface area contributed by atoms with Crippen LogP contribution in [0.25, 0.3) is 0 Å². The molecule has 18 heavy (non-hydrogen) atoms. The summed E-state index contributed by atoms with van der Waals surface area (Å²) in [6.45, 7) is 0. The maximum atomic E-state index is 12.1. The summed E-state index contributed by atoms with van der Waals surface area (Å²) in [6, 6.07) is 15.6. The summed E-state index contributed by atoms with van der Waals surface area (Å²) in [7, 11) is -3.50. The number of alkyl halides is 1. The second-order valence-electron chi connectivity index (χ2n) is 3.75. The molecule has 0 atom stereocenters. The Kier molecular flexibility index (Phi) is 4.04. The normalized spacial score (nSPS) is 11.2. The van der Waals surface area contributed by atoms with Crippen LogP contribution in [-0.2, 0) is 15.4 Å². The molecule has 2 rings (SSSR count). The van der Waals surface area contributed by atoms with E-state index in [-0.39, 0.29) is 4.90 Å². The zero-order valence-electron chi connectivity index (χ0n) is 9.51. The Balaban J connectivity index is 2.25. The third kappa shape index (κ3) is 3.11. The number of hydrogen-bond acceptors (Lipinski definition) is 2. The molecule has 0 radical (unpaired) electrons. The fraction of sp³-hybridized carbons (Fsp3) is 0.0769. The molecule has 0 bridgehead atoms. The topological polar surface area (TPSA) is 46.2 Å². The van der Waals surface area contributed by atoms with Gasteiger partial charge in [0.1, 0.15) is 0 Å². The minimum absolute atomic E-state index is 0.260. The Morgan fingerprint density at radius 1 is 0.944 bits per heavy atom. The van der Waals surface area contributed by atoms with E-state index in [2.05, 4.69) is 20.7 Å². The fourth-order valence-electron chi connectivity index (χ4n) is 1.48. The standard InChI is InChI=1S/C13H12BrNO2S/c14-10-11-6-8-13(9-7-11)18(16,17)15-12-4-2-1-3-5-12/h1-9,15H,10H2. The van der Waals surface area contributed by atoms with Crippen LogP contribution in [0.3, 0.4) is 0 Å². The molecular formula is C13H12BrNO2S. The Bertz CT molecular complexity index is 609. The van der Waals surface area contributed by atoms with E-state index in [1.165, 1.54) is 0 Å². The highest BCUT2D eigenvalue weighted by Gasteiger charge is 2.13. The number of nitrogens with one attached hydrogen (secondary N) is 1. The third-order valence-corrected chi connectivity index (χ3v) is 4.46. The minimum atomic E-state index is -3.50. The summed E-state index contributed by atoms with van der Waals surface area (Å²) in [6.07, 6.45) is 0. The largest absolute Gasteiger partial charge is 0.280 e. The number of rotatable bonds is 4. The molecule has 2 aromatic carbocycles. The van der Waals surface area contributed by atoms with Gasteiger partial charge in [0.05, 0.1) is 4.90 Å². The molecule has 0 amide bonds. The van der Waals surface area contributed by atoms with E-state index in [1.807, 2.05) is 6.07 Å². The van der Waals surface area contributed by atoms with Crippen molar-refractivity contribution in [2.45, 2.75) is 10.2 Å². The highest BCUT2D eigenvalue weighted by Crippen LogP contribution is 2.17. The van der Waals surface area contributed by atoms with Crippen LogP contribution < -0.4 is 4.72 Å². The van der Waals surface area contributed by atoms with Gasteiger partial charge in [0.25, 0.3) is 10.0 Å². The average molecular weight is 326 g/mol. The predicted octanol–water partition coefficient (Wildman–Crippen LogP) is 3.38. The first kappa shape index (κ1) is 13.1. The number of anilines is 1. The molecule has 0 saturated carbocycles. The highest BCUT2D eigenvalue weighted by atomic mass is 79.9. The number of halogens is 1. The fourth-order valence-corrected chi connectivity index (χ4v) is 2.91. The lowest BCUT2D eigenvalue weighted by molar-refractivity contribution is 0.601. The van der Waals surface area contributed by atoms with Crippen molar-refractivity contribution in [2.24, 2.45) is 0 Å². The predicted molar refractivity (Wildman–Crippen MR) is 76.3 cm³/mol. The molecule has 0 spiro atoms. The summed E-state index contributed by atoms with van der Waals surface area (Å²) in [5.41, 5.74) is 1.59. The van der Waals surface area contributed by atoms with E-state index in [0.29, 0.717) is 11.0 Å². The van der Waals surface area contributed by atoms with E-state index >= 15 is 0 Å². The van der Waals surface area contributed by atoms with E-state index in [0.717, 1.165) is 5.56 Å². The van der Waals surface area contributed by atoms with Crippen LogP contribution in [-0.4, -0.2) is 8.42 Å². The van der Waals surface area contributed by atoms with E-state index in [4.69, 9.17) is 0 Å². The summed E-state index contributed by atoms with van der Waals surface area (Å²) < 4.78 is 26.7. The zero-order chi connectivity index (χ0) is 13.0. The Hall–Kier alpha value is -1.33. The Morgan fingerprint density at radius 2 is 1.56 bits per heavy atom. The van der Waals surface area contributed by atoms with E-state index in [1.54, 1.807) is 48.5 Å². The van der Waals surface area contributed by atoms with Crippen molar-refractivity contribution in [3.63, 3.8) is 0 Å². The Morgan fingerprint density at radius 3 is 2.11 bits per heavy atom. The maximum absolute atomic E-state index is 12.1. The van der Waals surface area contributed by atoms with Gasteiger partial charge in [-0.1, -0.05) is 46.3 Å². The zero-order valence-corrected chi connectivity index (χ0v) is 11.9. The van der Waals surface area contributed by atoms with Gasteiger partial charge in [-0.25, -0.2) is 8.42 Å². The van der Waals surface area contributed by atoms with Crippen molar-refractivity contribution in [3.8, 4) is 0 Å². The SMILES string of the molecule is O=S(=O)(Nc1ccccc1)c1ccc(CBr)cc1. The minimum Gasteiger partial charge on any atom is -0.280 e. The summed E-state index contributed by atoms with van der Waals surface area (Å²) >= 11 is 3.32. The van der Waals surface area contributed by atoms with E-state index < -0.39 is 10.0 Å². The molecule has 0 saturated heterocycles. The third-order valence-electron chi connectivity index (χ3n) is 2.41. The van der Waals surface area contributed by atoms with Crippen molar-refractivity contribution < 1.29 is 8.42 Å².